The zero-order valence-corrected chi connectivity index (χ0v) is 14.9. The molecule has 2 aliphatic rings. The van der Waals surface area contributed by atoms with Crippen molar-refractivity contribution in [2.75, 3.05) is 13.2 Å². The van der Waals surface area contributed by atoms with Crippen molar-refractivity contribution in [3.05, 3.63) is 29.8 Å². The number of ether oxygens (including phenoxy) is 1. The standard InChI is InChI=1S/C21H33NO/c1-18-9-8-14-21(17-18)23-16-15-22(19-10-4-2-5-11-19)20-12-6-3-7-13-20/h8-9,14,17,19-20H,2-7,10-13,15-16H2,1H3/p+1. The lowest BCUT2D eigenvalue weighted by atomic mass is 9.88. The highest BCUT2D eigenvalue weighted by atomic mass is 16.5. The number of hydrogen-bond donors (Lipinski definition) is 1. The Labute approximate surface area is 142 Å². The predicted molar refractivity (Wildman–Crippen MR) is 96.2 cm³/mol. The SMILES string of the molecule is Cc1cccc(OCC[NH+](C2CCCCC2)C2CCCCC2)c1. The Morgan fingerprint density at radius 1 is 0.913 bits per heavy atom. The van der Waals surface area contributed by atoms with Crippen molar-refractivity contribution in [2.24, 2.45) is 0 Å². The van der Waals surface area contributed by atoms with Crippen LogP contribution in [0.2, 0.25) is 0 Å². The van der Waals surface area contributed by atoms with Gasteiger partial charge in [0.2, 0.25) is 0 Å². The quantitative estimate of drug-likeness (QED) is 0.839. The van der Waals surface area contributed by atoms with Gasteiger partial charge in [0.1, 0.15) is 18.9 Å². The maximum atomic E-state index is 6.08. The van der Waals surface area contributed by atoms with Crippen LogP contribution in [0.3, 0.4) is 0 Å². The topological polar surface area (TPSA) is 13.7 Å². The number of rotatable bonds is 6. The van der Waals surface area contributed by atoms with Gasteiger partial charge in [0, 0.05) is 0 Å². The highest BCUT2D eigenvalue weighted by Gasteiger charge is 2.32. The van der Waals surface area contributed by atoms with Gasteiger partial charge in [-0.1, -0.05) is 25.0 Å². The summed E-state index contributed by atoms with van der Waals surface area (Å²) in [6.45, 7) is 4.18. The minimum atomic E-state index is 0.867. The minimum Gasteiger partial charge on any atom is -0.488 e. The molecule has 2 heteroatoms. The van der Waals surface area contributed by atoms with Crippen LogP contribution in [0.5, 0.6) is 5.75 Å². The van der Waals surface area contributed by atoms with Crippen molar-refractivity contribution in [2.45, 2.75) is 83.2 Å². The summed E-state index contributed by atoms with van der Waals surface area (Å²) in [6, 6.07) is 10.3. The van der Waals surface area contributed by atoms with E-state index >= 15 is 0 Å². The Bertz CT molecular complexity index is 443. The number of nitrogens with one attached hydrogen (secondary N) is 1. The minimum absolute atomic E-state index is 0.867. The molecule has 2 fully saturated rings. The maximum absolute atomic E-state index is 6.08. The van der Waals surface area contributed by atoms with Crippen molar-refractivity contribution < 1.29 is 9.64 Å². The first-order chi connectivity index (χ1) is 11.3. The molecule has 0 heterocycles. The molecule has 1 aromatic rings. The molecule has 0 bridgehead atoms. The molecule has 0 spiro atoms. The molecule has 0 aromatic heterocycles. The molecule has 23 heavy (non-hydrogen) atoms. The lowest BCUT2D eigenvalue weighted by Crippen LogP contribution is -3.20. The molecular formula is C21H34NO+. The van der Waals surface area contributed by atoms with Gasteiger partial charge >= 0.3 is 0 Å². The molecule has 128 valence electrons. The van der Waals surface area contributed by atoms with Gasteiger partial charge in [0.15, 0.2) is 0 Å². The van der Waals surface area contributed by atoms with Crippen molar-refractivity contribution in [3.63, 3.8) is 0 Å². The Hall–Kier alpha value is -1.02. The molecule has 1 aromatic carbocycles. The number of hydrogen-bond acceptors (Lipinski definition) is 1. The van der Waals surface area contributed by atoms with E-state index in [-0.39, 0.29) is 0 Å². The van der Waals surface area contributed by atoms with Crippen LogP contribution < -0.4 is 9.64 Å². The van der Waals surface area contributed by atoms with Crippen LogP contribution in [-0.2, 0) is 0 Å². The maximum Gasteiger partial charge on any atom is 0.137 e. The van der Waals surface area contributed by atoms with Crippen molar-refractivity contribution in [3.8, 4) is 5.75 Å². The van der Waals surface area contributed by atoms with E-state index in [2.05, 4.69) is 31.2 Å². The number of aryl methyl sites for hydroxylation is 1. The summed E-state index contributed by atoms with van der Waals surface area (Å²) in [5.41, 5.74) is 1.28. The van der Waals surface area contributed by atoms with E-state index in [0.29, 0.717) is 0 Å². The summed E-state index contributed by atoms with van der Waals surface area (Å²) in [5.74, 6) is 1.04. The molecule has 3 rings (SSSR count). The van der Waals surface area contributed by atoms with Gasteiger partial charge in [-0.05, 0) is 76.0 Å². The lowest BCUT2D eigenvalue weighted by Gasteiger charge is -2.38. The van der Waals surface area contributed by atoms with E-state index in [0.717, 1.165) is 24.4 Å². The van der Waals surface area contributed by atoms with Gasteiger partial charge in [0.05, 0.1) is 12.1 Å². The molecule has 1 N–H and O–H groups in total. The summed E-state index contributed by atoms with van der Waals surface area (Å²) in [5, 5.41) is 0. The molecule has 0 atom stereocenters. The van der Waals surface area contributed by atoms with Crippen LogP contribution >= 0.6 is 0 Å². The first-order valence-electron chi connectivity index (χ1n) is 9.88. The Morgan fingerprint density at radius 2 is 1.52 bits per heavy atom. The average Bonchev–Trinajstić information content (AvgIpc) is 2.60. The largest absolute Gasteiger partial charge is 0.488 e. The molecule has 2 aliphatic carbocycles. The smallest absolute Gasteiger partial charge is 0.137 e. The fourth-order valence-corrected chi connectivity index (χ4v) is 4.68. The van der Waals surface area contributed by atoms with E-state index in [4.69, 9.17) is 4.74 Å². The second-order valence-electron chi connectivity index (χ2n) is 7.66. The highest BCUT2D eigenvalue weighted by Crippen LogP contribution is 2.20. The van der Waals surface area contributed by atoms with Crippen molar-refractivity contribution >= 4 is 0 Å². The third-order valence-corrected chi connectivity index (χ3v) is 5.91. The van der Waals surface area contributed by atoms with Crippen LogP contribution in [0.15, 0.2) is 24.3 Å². The van der Waals surface area contributed by atoms with Crippen LogP contribution in [-0.4, -0.2) is 25.2 Å². The second kappa shape index (κ2) is 8.73. The zero-order valence-electron chi connectivity index (χ0n) is 14.9. The predicted octanol–water partition coefficient (Wildman–Crippen LogP) is 3.92. The van der Waals surface area contributed by atoms with Gasteiger partial charge < -0.3 is 9.64 Å². The summed E-state index contributed by atoms with van der Waals surface area (Å²) in [7, 11) is 0. The monoisotopic (exact) mass is 316 g/mol. The van der Waals surface area contributed by atoms with E-state index in [9.17, 15) is 0 Å². The van der Waals surface area contributed by atoms with Crippen molar-refractivity contribution in [1.82, 2.24) is 0 Å². The van der Waals surface area contributed by atoms with Crippen LogP contribution in [0, 0.1) is 6.92 Å². The normalized spacial score (nSPS) is 20.8. The Kier molecular flexibility index (Phi) is 6.38. The third-order valence-electron chi connectivity index (χ3n) is 5.91. The summed E-state index contributed by atoms with van der Waals surface area (Å²) < 4.78 is 6.08. The number of benzene rings is 1. The molecule has 2 nitrogen and oxygen atoms in total. The molecule has 0 amide bonds. The highest BCUT2D eigenvalue weighted by molar-refractivity contribution is 5.27. The Morgan fingerprint density at radius 3 is 2.09 bits per heavy atom. The van der Waals surface area contributed by atoms with Gasteiger partial charge in [0.25, 0.3) is 0 Å². The molecule has 0 saturated heterocycles. The molecule has 0 aliphatic heterocycles. The summed E-state index contributed by atoms with van der Waals surface area (Å²) in [4.78, 5) is 1.87. The second-order valence-corrected chi connectivity index (χ2v) is 7.66. The van der Waals surface area contributed by atoms with Gasteiger partial charge in [-0.25, -0.2) is 0 Å². The molecule has 0 unspecified atom stereocenters. The van der Waals surface area contributed by atoms with E-state index in [1.807, 2.05) is 4.90 Å². The van der Waals surface area contributed by atoms with Gasteiger partial charge in [-0.15, -0.1) is 0 Å². The van der Waals surface area contributed by atoms with E-state index in [1.54, 1.807) is 0 Å². The fourth-order valence-electron chi connectivity index (χ4n) is 4.68. The number of quaternary nitrogens is 1. The van der Waals surface area contributed by atoms with E-state index < -0.39 is 0 Å². The van der Waals surface area contributed by atoms with Crippen LogP contribution in [0.25, 0.3) is 0 Å². The summed E-state index contributed by atoms with van der Waals surface area (Å²) >= 11 is 0. The molecular weight excluding hydrogens is 282 g/mol. The molecule has 2 saturated carbocycles. The Balaban J connectivity index is 1.56. The summed E-state index contributed by atoms with van der Waals surface area (Å²) in [6.07, 6.45) is 14.4. The first kappa shape index (κ1) is 16.8. The van der Waals surface area contributed by atoms with Gasteiger partial charge in [-0.3, -0.25) is 0 Å². The van der Waals surface area contributed by atoms with E-state index in [1.165, 1.54) is 76.3 Å². The van der Waals surface area contributed by atoms with Crippen molar-refractivity contribution in [1.29, 1.82) is 0 Å². The first-order valence-corrected chi connectivity index (χ1v) is 9.88. The van der Waals surface area contributed by atoms with Gasteiger partial charge in [-0.2, -0.15) is 0 Å². The lowest BCUT2D eigenvalue weighted by molar-refractivity contribution is -0.952. The fraction of sp³-hybridized carbons (Fsp3) is 0.714. The molecule has 0 radical (unpaired) electrons. The van der Waals surface area contributed by atoms with Crippen LogP contribution in [0.4, 0.5) is 0 Å². The zero-order chi connectivity index (χ0) is 15.9. The third kappa shape index (κ3) is 4.97. The van der Waals surface area contributed by atoms with Crippen LogP contribution in [0.1, 0.15) is 69.8 Å². The average molecular weight is 317 g/mol.